The molecule has 1 heterocycles. The SMILES string of the molecule is COC(=O)c1c(Br)c(Br)c2c(c1Br)OCC(COC(F)(F)F)O2. The fourth-order valence-electron chi connectivity index (χ4n) is 1.78. The molecular weight excluding hydrogens is 521 g/mol. The number of hydrogen-bond acceptors (Lipinski definition) is 5. The van der Waals surface area contributed by atoms with Gasteiger partial charge in [-0.2, -0.15) is 0 Å². The molecule has 0 fully saturated rings. The smallest absolute Gasteiger partial charge is 0.484 e. The minimum Gasteiger partial charge on any atom is -0.484 e. The average Bonchev–Trinajstić information content (AvgIpc) is 2.49. The largest absolute Gasteiger partial charge is 0.522 e. The molecule has 0 N–H and O–H groups in total. The molecule has 0 saturated heterocycles. The standard InChI is InChI=1S/C12H8Br3F3O5/c1-20-11(19)5-6(13)8(15)10-9(7(5)14)21-2-4(23-10)3-22-12(16,17)18/h4H,2-3H2,1H3. The lowest BCUT2D eigenvalue weighted by Crippen LogP contribution is -2.36. The van der Waals surface area contributed by atoms with Crippen LogP contribution in [0.5, 0.6) is 11.5 Å². The van der Waals surface area contributed by atoms with E-state index in [0.717, 1.165) is 0 Å². The Morgan fingerprint density at radius 2 is 1.87 bits per heavy atom. The Labute approximate surface area is 153 Å². The predicted molar refractivity (Wildman–Crippen MR) is 82.8 cm³/mol. The van der Waals surface area contributed by atoms with Gasteiger partial charge in [0.1, 0.15) is 6.61 Å². The third-order valence-corrected chi connectivity index (χ3v) is 5.60. The number of hydrogen-bond donors (Lipinski definition) is 0. The molecule has 0 radical (unpaired) electrons. The molecule has 0 saturated carbocycles. The van der Waals surface area contributed by atoms with E-state index in [9.17, 15) is 18.0 Å². The Morgan fingerprint density at radius 3 is 2.43 bits per heavy atom. The highest BCUT2D eigenvalue weighted by atomic mass is 79.9. The highest BCUT2D eigenvalue weighted by Gasteiger charge is 2.35. The quantitative estimate of drug-likeness (QED) is 0.429. The van der Waals surface area contributed by atoms with Gasteiger partial charge in [0.25, 0.3) is 0 Å². The van der Waals surface area contributed by atoms with Gasteiger partial charge < -0.3 is 14.2 Å². The van der Waals surface area contributed by atoms with E-state index >= 15 is 0 Å². The molecule has 0 aromatic heterocycles. The maximum atomic E-state index is 12.1. The minimum atomic E-state index is -4.75. The van der Waals surface area contributed by atoms with Crippen LogP contribution in [0.2, 0.25) is 0 Å². The van der Waals surface area contributed by atoms with Crippen LogP contribution < -0.4 is 9.47 Å². The molecule has 128 valence electrons. The van der Waals surface area contributed by atoms with Crippen molar-refractivity contribution >= 4 is 53.8 Å². The van der Waals surface area contributed by atoms with E-state index in [-0.39, 0.29) is 28.1 Å². The first-order valence-corrected chi connectivity index (χ1v) is 8.32. The molecule has 11 heteroatoms. The monoisotopic (exact) mass is 526 g/mol. The lowest BCUT2D eigenvalue weighted by Gasteiger charge is -2.29. The highest BCUT2D eigenvalue weighted by molar-refractivity contribution is 9.13. The van der Waals surface area contributed by atoms with E-state index in [4.69, 9.17) is 9.47 Å². The van der Waals surface area contributed by atoms with E-state index in [1.54, 1.807) is 0 Å². The summed E-state index contributed by atoms with van der Waals surface area (Å²) in [7, 11) is 1.22. The molecule has 5 nitrogen and oxygen atoms in total. The number of fused-ring (bicyclic) bond motifs is 1. The summed E-state index contributed by atoms with van der Waals surface area (Å²) < 4.78 is 56.5. The van der Waals surface area contributed by atoms with Gasteiger partial charge >= 0.3 is 12.3 Å². The molecule has 1 atom stereocenters. The van der Waals surface area contributed by atoms with Crippen molar-refractivity contribution in [1.82, 2.24) is 0 Å². The van der Waals surface area contributed by atoms with Gasteiger partial charge in [-0.1, -0.05) is 0 Å². The van der Waals surface area contributed by atoms with Gasteiger partial charge in [0.05, 0.1) is 32.7 Å². The van der Waals surface area contributed by atoms with Crippen LogP contribution in [0.4, 0.5) is 13.2 Å². The van der Waals surface area contributed by atoms with Crippen LogP contribution in [0, 0.1) is 0 Å². The zero-order valence-electron chi connectivity index (χ0n) is 11.3. The maximum Gasteiger partial charge on any atom is 0.522 e. The Balaban J connectivity index is 2.32. The second-order valence-electron chi connectivity index (χ2n) is 4.27. The van der Waals surface area contributed by atoms with E-state index in [2.05, 4.69) is 57.3 Å². The van der Waals surface area contributed by atoms with Crippen molar-refractivity contribution in [1.29, 1.82) is 0 Å². The molecule has 23 heavy (non-hydrogen) atoms. The van der Waals surface area contributed by atoms with Gasteiger partial charge in [0, 0.05) is 0 Å². The first-order chi connectivity index (χ1) is 10.7. The van der Waals surface area contributed by atoms with Crippen molar-refractivity contribution in [2.45, 2.75) is 12.5 Å². The number of ether oxygens (including phenoxy) is 4. The number of halogens is 6. The summed E-state index contributed by atoms with van der Waals surface area (Å²) in [5, 5.41) is 0. The fraction of sp³-hybridized carbons (Fsp3) is 0.417. The van der Waals surface area contributed by atoms with Gasteiger partial charge in [-0.05, 0) is 47.8 Å². The zero-order valence-corrected chi connectivity index (χ0v) is 16.1. The Bertz CT molecular complexity index is 636. The van der Waals surface area contributed by atoms with Gasteiger partial charge in [0.15, 0.2) is 17.6 Å². The summed E-state index contributed by atoms with van der Waals surface area (Å²) in [6.07, 6.45) is -5.71. The number of benzene rings is 1. The molecule has 1 aromatic rings. The molecule has 0 bridgehead atoms. The van der Waals surface area contributed by atoms with Gasteiger partial charge in [-0.25, -0.2) is 4.79 Å². The summed E-state index contributed by atoms with van der Waals surface area (Å²) in [5.41, 5.74) is 0.159. The van der Waals surface area contributed by atoms with Crippen LogP contribution in [0.15, 0.2) is 13.4 Å². The number of rotatable bonds is 3. The normalized spacial score (nSPS) is 17.1. The molecule has 2 rings (SSSR count). The van der Waals surface area contributed by atoms with Crippen LogP contribution in [-0.4, -0.2) is 38.8 Å². The fourth-order valence-corrected chi connectivity index (χ4v) is 3.71. The Hall–Kier alpha value is -0.520. The van der Waals surface area contributed by atoms with Crippen molar-refractivity contribution < 1.29 is 36.9 Å². The van der Waals surface area contributed by atoms with E-state index in [1.807, 2.05) is 0 Å². The zero-order chi connectivity index (χ0) is 17.4. The summed E-state index contributed by atoms with van der Waals surface area (Å²) in [5.74, 6) is -0.291. The summed E-state index contributed by atoms with van der Waals surface area (Å²) in [6.45, 7) is -0.889. The third-order valence-electron chi connectivity index (χ3n) is 2.76. The van der Waals surface area contributed by atoms with Crippen molar-refractivity contribution in [3.05, 3.63) is 19.0 Å². The van der Waals surface area contributed by atoms with Gasteiger partial charge in [-0.3, -0.25) is 4.74 Å². The minimum absolute atomic E-state index is 0.151. The number of methoxy groups -OCH3 is 1. The first kappa shape index (κ1) is 18.8. The molecule has 0 amide bonds. The van der Waals surface area contributed by atoms with Crippen molar-refractivity contribution in [3.8, 4) is 11.5 Å². The van der Waals surface area contributed by atoms with E-state index < -0.39 is 25.0 Å². The lowest BCUT2D eigenvalue weighted by molar-refractivity contribution is -0.330. The average molecular weight is 529 g/mol. The Morgan fingerprint density at radius 1 is 1.22 bits per heavy atom. The lowest BCUT2D eigenvalue weighted by atomic mass is 10.2. The molecular formula is C12H8Br3F3O5. The van der Waals surface area contributed by atoms with Crippen LogP contribution >= 0.6 is 47.8 Å². The number of alkyl halides is 3. The summed E-state index contributed by atoms with van der Waals surface area (Å²) >= 11 is 9.66. The topological polar surface area (TPSA) is 54.0 Å². The van der Waals surface area contributed by atoms with Gasteiger partial charge in [0.2, 0.25) is 0 Å². The number of carbonyl (C=O) groups is 1. The predicted octanol–water partition coefficient (Wildman–Crippen LogP) is 4.44. The van der Waals surface area contributed by atoms with Crippen LogP contribution in [0.1, 0.15) is 10.4 Å². The molecule has 0 spiro atoms. The van der Waals surface area contributed by atoms with E-state index in [0.29, 0.717) is 8.95 Å². The van der Waals surface area contributed by atoms with Crippen molar-refractivity contribution in [2.75, 3.05) is 20.3 Å². The Kier molecular flexibility index (Phi) is 5.85. The van der Waals surface area contributed by atoms with Crippen LogP contribution in [0.3, 0.4) is 0 Å². The number of carbonyl (C=O) groups excluding carboxylic acids is 1. The summed E-state index contributed by atoms with van der Waals surface area (Å²) in [6, 6.07) is 0. The summed E-state index contributed by atoms with van der Waals surface area (Å²) in [4.78, 5) is 11.8. The van der Waals surface area contributed by atoms with Gasteiger partial charge in [-0.15, -0.1) is 13.2 Å². The first-order valence-electron chi connectivity index (χ1n) is 5.94. The molecule has 1 aliphatic rings. The number of esters is 1. The molecule has 1 aliphatic heterocycles. The van der Waals surface area contributed by atoms with E-state index in [1.165, 1.54) is 7.11 Å². The van der Waals surface area contributed by atoms with Crippen LogP contribution in [-0.2, 0) is 9.47 Å². The van der Waals surface area contributed by atoms with Crippen molar-refractivity contribution in [3.63, 3.8) is 0 Å². The van der Waals surface area contributed by atoms with Crippen molar-refractivity contribution in [2.24, 2.45) is 0 Å². The van der Waals surface area contributed by atoms with Crippen LogP contribution in [0.25, 0.3) is 0 Å². The third kappa shape index (κ3) is 4.12. The molecule has 1 aromatic carbocycles. The highest BCUT2D eigenvalue weighted by Crippen LogP contribution is 2.50. The maximum absolute atomic E-state index is 12.1. The second-order valence-corrected chi connectivity index (χ2v) is 6.65. The second kappa shape index (κ2) is 7.16. The molecule has 0 aliphatic carbocycles. The molecule has 1 unspecified atom stereocenters.